The van der Waals surface area contributed by atoms with Crippen molar-refractivity contribution in [3.05, 3.63) is 94.0 Å². The number of nitrogens with zero attached hydrogens (tertiary/aromatic N) is 1. The van der Waals surface area contributed by atoms with Gasteiger partial charge in [-0.25, -0.2) is 0 Å². The van der Waals surface area contributed by atoms with Crippen LogP contribution in [0.25, 0.3) is 11.1 Å². The highest BCUT2D eigenvalue weighted by Crippen LogP contribution is 2.32. The largest absolute Gasteiger partial charge is 0.285 e. The Kier molecular flexibility index (Phi) is 5.34. The first-order valence-electron chi connectivity index (χ1n) is 7.78. The van der Waals surface area contributed by atoms with E-state index in [1.165, 1.54) is 11.1 Å². The summed E-state index contributed by atoms with van der Waals surface area (Å²) in [5, 5.41) is 1.29. The van der Waals surface area contributed by atoms with Crippen molar-refractivity contribution in [1.29, 1.82) is 0 Å². The summed E-state index contributed by atoms with van der Waals surface area (Å²) in [5.41, 5.74) is 4.30. The fourth-order valence-corrected chi connectivity index (χ4v) is 3.29. The van der Waals surface area contributed by atoms with Crippen LogP contribution in [0.2, 0.25) is 10.0 Å². The molecular formula is C21H17Cl2N. The van der Waals surface area contributed by atoms with Crippen LogP contribution in [0.4, 0.5) is 0 Å². The highest BCUT2D eigenvalue weighted by molar-refractivity contribution is 6.36. The molecule has 3 heteroatoms. The van der Waals surface area contributed by atoms with Crippen molar-refractivity contribution in [2.24, 2.45) is 4.99 Å². The van der Waals surface area contributed by atoms with Gasteiger partial charge in [-0.3, -0.25) is 4.99 Å². The smallest absolute Gasteiger partial charge is 0.0750 e. The minimum atomic E-state index is -0.0972. The molecule has 3 aromatic rings. The minimum Gasteiger partial charge on any atom is -0.285 e. The lowest BCUT2D eigenvalue weighted by Gasteiger charge is -2.11. The molecule has 0 saturated carbocycles. The zero-order valence-corrected chi connectivity index (χ0v) is 14.8. The van der Waals surface area contributed by atoms with Gasteiger partial charge < -0.3 is 0 Å². The highest BCUT2D eigenvalue weighted by Gasteiger charge is 2.11. The molecule has 0 aliphatic carbocycles. The van der Waals surface area contributed by atoms with Crippen LogP contribution in [0.1, 0.15) is 24.1 Å². The summed E-state index contributed by atoms with van der Waals surface area (Å²) in [6, 6.07) is 24.0. The molecule has 0 N–H and O–H groups in total. The van der Waals surface area contributed by atoms with E-state index in [1.807, 2.05) is 49.5 Å². The lowest BCUT2D eigenvalue weighted by atomic mass is 10.0. The molecule has 1 nitrogen and oxygen atoms in total. The molecule has 0 saturated heterocycles. The first-order chi connectivity index (χ1) is 11.6. The van der Waals surface area contributed by atoms with Crippen molar-refractivity contribution in [3.8, 4) is 11.1 Å². The second-order valence-corrected chi connectivity index (χ2v) is 6.39. The summed E-state index contributed by atoms with van der Waals surface area (Å²) < 4.78 is 0. The van der Waals surface area contributed by atoms with Crippen molar-refractivity contribution < 1.29 is 0 Å². The van der Waals surface area contributed by atoms with E-state index in [4.69, 9.17) is 23.2 Å². The second kappa shape index (κ2) is 7.65. The van der Waals surface area contributed by atoms with Crippen LogP contribution < -0.4 is 0 Å². The van der Waals surface area contributed by atoms with E-state index in [2.05, 4.69) is 41.4 Å². The van der Waals surface area contributed by atoms with Gasteiger partial charge in [0, 0.05) is 21.8 Å². The van der Waals surface area contributed by atoms with Gasteiger partial charge in [0.15, 0.2) is 0 Å². The summed E-state index contributed by atoms with van der Waals surface area (Å²) in [6.07, 6.45) is 1.86. The maximum absolute atomic E-state index is 6.24. The molecule has 0 fully saturated rings. The van der Waals surface area contributed by atoms with Crippen molar-refractivity contribution in [3.63, 3.8) is 0 Å². The molecule has 3 aromatic carbocycles. The number of benzene rings is 3. The number of aliphatic imine (C=N–C) groups is 1. The molecule has 1 unspecified atom stereocenters. The fraction of sp³-hybridized carbons (Fsp3) is 0.0952. The van der Waals surface area contributed by atoms with Crippen LogP contribution in [-0.2, 0) is 0 Å². The monoisotopic (exact) mass is 353 g/mol. The summed E-state index contributed by atoms with van der Waals surface area (Å²) in [7, 11) is 0. The third kappa shape index (κ3) is 3.87. The molecule has 120 valence electrons. The predicted molar refractivity (Wildman–Crippen MR) is 104 cm³/mol. The Morgan fingerprint density at radius 2 is 1.33 bits per heavy atom. The van der Waals surface area contributed by atoms with Gasteiger partial charge in [-0.1, -0.05) is 83.9 Å². The van der Waals surface area contributed by atoms with Gasteiger partial charge in [0.2, 0.25) is 0 Å². The Labute approximate surface area is 152 Å². The maximum atomic E-state index is 6.24. The molecule has 0 bridgehead atoms. The lowest BCUT2D eigenvalue weighted by molar-refractivity contribution is 0.826. The van der Waals surface area contributed by atoms with Crippen LogP contribution in [0.5, 0.6) is 0 Å². The van der Waals surface area contributed by atoms with Gasteiger partial charge in [-0.05, 0) is 35.7 Å². The average Bonchev–Trinajstić information content (AvgIpc) is 2.61. The summed E-state index contributed by atoms with van der Waals surface area (Å²) in [6.45, 7) is 1.99. The zero-order chi connectivity index (χ0) is 16.9. The van der Waals surface area contributed by atoms with E-state index in [1.54, 1.807) is 0 Å². The Morgan fingerprint density at radius 1 is 0.750 bits per heavy atom. The molecule has 0 radical (unpaired) electrons. The van der Waals surface area contributed by atoms with Crippen molar-refractivity contribution in [1.82, 2.24) is 0 Å². The van der Waals surface area contributed by atoms with Crippen molar-refractivity contribution in [2.75, 3.05) is 0 Å². The number of hydrogen-bond acceptors (Lipinski definition) is 1. The zero-order valence-electron chi connectivity index (χ0n) is 13.3. The number of hydrogen-bond donors (Lipinski definition) is 0. The average molecular weight is 354 g/mol. The van der Waals surface area contributed by atoms with Crippen LogP contribution in [0, 0.1) is 0 Å². The second-order valence-electron chi connectivity index (χ2n) is 5.58. The predicted octanol–water partition coefficient (Wildman–Crippen LogP) is 6.84. The van der Waals surface area contributed by atoms with Crippen molar-refractivity contribution >= 4 is 29.4 Å². The van der Waals surface area contributed by atoms with E-state index >= 15 is 0 Å². The van der Waals surface area contributed by atoms with Crippen LogP contribution in [0.15, 0.2) is 77.8 Å². The van der Waals surface area contributed by atoms with E-state index in [9.17, 15) is 0 Å². The van der Waals surface area contributed by atoms with Gasteiger partial charge in [0.25, 0.3) is 0 Å². The van der Waals surface area contributed by atoms with Gasteiger partial charge in [0.05, 0.1) is 6.04 Å². The van der Waals surface area contributed by atoms with E-state index in [0.29, 0.717) is 10.0 Å². The first-order valence-corrected chi connectivity index (χ1v) is 8.53. The number of halogens is 2. The van der Waals surface area contributed by atoms with Crippen molar-refractivity contribution in [2.45, 2.75) is 13.0 Å². The molecule has 24 heavy (non-hydrogen) atoms. The Hall–Kier alpha value is -2.09. The van der Waals surface area contributed by atoms with Gasteiger partial charge in [0.1, 0.15) is 0 Å². The molecule has 0 amide bonds. The quantitative estimate of drug-likeness (QED) is 0.455. The Balaban J connectivity index is 1.77. The SMILES string of the molecule is CC(N=Cc1ccc(-c2ccccc2)cc1)c1c(Cl)cccc1Cl. The maximum Gasteiger partial charge on any atom is 0.0750 e. The van der Waals surface area contributed by atoms with E-state index < -0.39 is 0 Å². The first kappa shape index (κ1) is 16.8. The summed E-state index contributed by atoms with van der Waals surface area (Å²) in [5.74, 6) is 0. The van der Waals surface area contributed by atoms with E-state index in [-0.39, 0.29) is 6.04 Å². The molecule has 0 heterocycles. The molecular weight excluding hydrogens is 337 g/mol. The van der Waals surface area contributed by atoms with Gasteiger partial charge in [-0.2, -0.15) is 0 Å². The molecule has 0 aromatic heterocycles. The third-order valence-electron chi connectivity index (χ3n) is 3.88. The standard InChI is InChI=1S/C21H17Cl2N/c1-15(21-19(22)8-5-9-20(21)23)24-14-16-10-12-18(13-11-16)17-6-3-2-4-7-17/h2-15H,1H3. The molecule has 1 atom stereocenters. The van der Waals surface area contributed by atoms with Crippen LogP contribution in [0.3, 0.4) is 0 Å². The van der Waals surface area contributed by atoms with Crippen LogP contribution in [-0.4, -0.2) is 6.21 Å². The number of rotatable bonds is 4. The normalized spacial score (nSPS) is 12.5. The highest BCUT2D eigenvalue weighted by atomic mass is 35.5. The molecule has 3 rings (SSSR count). The summed E-state index contributed by atoms with van der Waals surface area (Å²) >= 11 is 12.5. The topological polar surface area (TPSA) is 12.4 Å². The van der Waals surface area contributed by atoms with Crippen LogP contribution >= 0.6 is 23.2 Å². The molecule has 0 spiro atoms. The van der Waals surface area contributed by atoms with E-state index in [0.717, 1.165) is 11.1 Å². The van der Waals surface area contributed by atoms with Gasteiger partial charge >= 0.3 is 0 Å². The third-order valence-corrected chi connectivity index (χ3v) is 4.54. The van der Waals surface area contributed by atoms with Gasteiger partial charge in [-0.15, -0.1) is 0 Å². The minimum absolute atomic E-state index is 0.0972. The Bertz CT molecular complexity index is 819. The fourth-order valence-electron chi connectivity index (χ4n) is 2.57. The lowest BCUT2D eigenvalue weighted by Crippen LogP contribution is -1.94. The summed E-state index contributed by atoms with van der Waals surface area (Å²) in [4.78, 5) is 4.59. The molecule has 0 aliphatic rings. The Morgan fingerprint density at radius 3 is 1.96 bits per heavy atom. The molecule has 0 aliphatic heterocycles.